The quantitative estimate of drug-likeness (QED) is 0.104. The van der Waals surface area contributed by atoms with Gasteiger partial charge in [-0.15, -0.1) is 0 Å². The lowest BCUT2D eigenvalue weighted by atomic mass is 9.63. The summed E-state index contributed by atoms with van der Waals surface area (Å²) in [6.45, 7) is 10.8. The van der Waals surface area contributed by atoms with E-state index in [4.69, 9.17) is 10.8 Å². The molecule has 1 saturated carbocycles. The van der Waals surface area contributed by atoms with Crippen LogP contribution in [0.25, 0.3) is 61.2 Å². The zero-order chi connectivity index (χ0) is 46.4. The average molecular weight is 898 g/mol. The Bertz CT molecular complexity index is 3350. The molecule has 4 unspecified atom stereocenters. The van der Waals surface area contributed by atoms with Crippen LogP contribution in [-0.4, -0.2) is 44.7 Å². The van der Waals surface area contributed by atoms with Crippen LogP contribution in [0.3, 0.4) is 0 Å². The van der Waals surface area contributed by atoms with Crippen molar-refractivity contribution < 1.29 is 9.59 Å². The average Bonchev–Trinajstić information content (AvgIpc) is 4.11. The van der Waals surface area contributed by atoms with Gasteiger partial charge >= 0.3 is 0 Å². The monoisotopic (exact) mass is 897 g/mol. The Morgan fingerprint density at radius 1 is 0.779 bits per heavy atom. The van der Waals surface area contributed by atoms with Gasteiger partial charge in [-0.05, 0) is 167 Å². The number of anilines is 1. The maximum atomic E-state index is 13.7. The largest absolute Gasteiger partial charge is 0.382 e. The van der Waals surface area contributed by atoms with Crippen LogP contribution in [0, 0.1) is 11.8 Å². The normalized spacial score (nSPS) is 20.1. The van der Waals surface area contributed by atoms with Crippen molar-refractivity contribution in [2.75, 3.05) is 18.8 Å². The highest BCUT2D eigenvalue weighted by atomic mass is 16.2. The van der Waals surface area contributed by atoms with Gasteiger partial charge in [-0.3, -0.25) is 9.59 Å². The lowest BCUT2D eigenvalue weighted by molar-refractivity contribution is 0.0879. The van der Waals surface area contributed by atoms with Gasteiger partial charge in [0.1, 0.15) is 0 Å². The fraction of sp³-hybridized carbons (Fsp3) is 0.305. The molecule has 0 bridgehead atoms. The third-order valence-electron chi connectivity index (χ3n) is 16.4. The van der Waals surface area contributed by atoms with Gasteiger partial charge in [0.15, 0.2) is 5.82 Å². The molecule has 4 aliphatic rings. The molecular weight excluding hydrogens is 839 g/mol. The fourth-order valence-electron chi connectivity index (χ4n) is 12.5. The van der Waals surface area contributed by atoms with E-state index in [1.807, 2.05) is 29.2 Å². The van der Waals surface area contributed by atoms with Crippen LogP contribution in [0.2, 0.25) is 0 Å². The molecule has 2 aliphatic heterocycles. The second-order valence-electron chi connectivity index (χ2n) is 20.5. The maximum Gasteiger partial charge on any atom is 0.253 e. The van der Waals surface area contributed by atoms with Crippen LogP contribution in [0.4, 0.5) is 5.82 Å². The first-order valence-electron chi connectivity index (χ1n) is 24.8. The lowest BCUT2D eigenvalue weighted by Crippen LogP contribution is -2.50. The van der Waals surface area contributed by atoms with Crippen LogP contribution < -0.4 is 16.4 Å². The molecule has 0 saturated heterocycles. The molecule has 12 rings (SSSR count). The molecule has 0 radical (unpaired) electrons. The number of carbonyl (C=O) groups excluding carboxylic acids is 2. The highest BCUT2D eigenvalue weighted by molar-refractivity contribution is 6.02. The summed E-state index contributed by atoms with van der Waals surface area (Å²) in [4.78, 5) is 33.7. The minimum atomic E-state index is -0.0310. The molecule has 1 fully saturated rings. The zero-order valence-electron chi connectivity index (χ0n) is 39.5. The summed E-state index contributed by atoms with van der Waals surface area (Å²) in [5, 5.41) is 12.3. The highest BCUT2D eigenvalue weighted by Gasteiger charge is 2.47. The van der Waals surface area contributed by atoms with E-state index in [0.29, 0.717) is 24.2 Å². The van der Waals surface area contributed by atoms with Crippen LogP contribution in [0.5, 0.6) is 0 Å². The van der Waals surface area contributed by atoms with E-state index in [2.05, 4.69) is 133 Å². The number of nitrogens with one attached hydrogen (secondary N) is 4. The summed E-state index contributed by atoms with van der Waals surface area (Å²) in [5.41, 5.74) is 28.0. The molecule has 8 aromatic rings. The molecule has 9 nitrogen and oxygen atoms in total. The molecule has 3 aromatic heterocycles. The lowest BCUT2D eigenvalue weighted by Gasteiger charge is -2.45. The van der Waals surface area contributed by atoms with Gasteiger partial charge in [0.05, 0.1) is 11.3 Å². The minimum absolute atomic E-state index is 0.0292. The van der Waals surface area contributed by atoms with Crippen LogP contribution >= 0.6 is 0 Å². The number of amides is 2. The Kier molecular flexibility index (Phi) is 10.1. The number of nitrogen functional groups attached to an aromatic ring is 1. The number of hydrogen-bond acceptors (Lipinski definition) is 4. The number of aromatic nitrogens is 4. The smallest absolute Gasteiger partial charge is 0.253 e. The summed E-state index contributed by atoms with van der Waals surface area (Å²) in [6.07, 6.45) is 11.8. The van der Waals surface area contributed by atoms with E-state index in [1.165, 1.54) is 62.0 Å². The molecular formula is C59H59N7O2. The number of carbonyl (C=O) groups is 2. The number of rotatable bonds is 8. The van der Waals surface area contributed by atoms with Crippen molar-refractivity contribution in [1.82, 2.24) is 30.4 Å². The number of nitrogens with two attached hydrogens (primary N) is 1. The van der Waals surface area contributed by atoms with E-state index in [9.17, 15) is 9.59 Å². The SMILES string of the molecule is CCc1cc2c(cc1-c1ccccc1CC(C)c1cc(-c3cccc(-n4cc(-c5ccc6c(c5)CCNC6=O)c(N)n4)c3)cc3[nH]ccc13)-c1[nH]c3c(c1CC2)C(=O)NCC31CCC(C)C(C)C1. The number of benzene rings is 5. The van der Waals surface area contributed by atoms with Crippen molar-refractivity contribution in [3.8, 4) is 50.3 Å². The van der Waals surface area contributed by atoms with Gasteiger partial charge in [-0.25, -0.2) is 4.68 Å². The zero-order valence-corrected chi connectivity index (χ0v) is 39.5. The summed E-state index contributed by atoms with van der Waals surface area (Å²) >= 11 is 0. The van der Waals surface area contributed by atoms with Crippen molar-refractivity contribution in [2.45, 2.75) is 90.4 Å². The predicted molar refractivity (Wildman–Crippen MR) is 274 cm³/mol. The standard InChI is InChI=1S/C59H59N7O2/c1-5-36-24-39-14-16-47-53-55(59(32-63-58(53)68)20-17-33(2)35(4)30-59)64-54(47)50(39)29-49(36)44-12-7-6-9-38(44)23-34(3)48-27-42(28-52-46(48)19-22-61-52)37-10-8-11-43(26-37)66-31-51(56(60)65-66)40-13-15-45-41(25-40)18-21-62-57(45)67/h6-13,15,19,22,24-29,31,33-35,61,64H,5,14,16-18,20-21,23,30,32H2,1-4H3,(H2,60,65)(H,62,67)(H,63,68). The minimum Gasteiger partial charge on any atom is -0.382 e. The number of nitrogens with zero attached hydrogens (tertiary/aromatic N) is 2. The van der Waals surface area contributed by atoms with Crippen LogP contribution in [0.1, 0.15) is 113 Å². The summed E-state index contributed by atoms with van der Waals surface area (Å²) < 4.78 is 1.86. The number of aryl methyl sites for hydroxylation is 2. The van der Waals surface area contributed by atoms with Gasteiger partial charge in [0.25, 0.3) is 11.8 Å². The first kappa shape index (κ1) is 42.2. The third-order valence-corrected chi connectivity index (χ3v) is 16.4. The van der Waals surface area contributed by atoms with Crippen LogP contribution in [-0.2, 0) is 37.5 Å². The molecule has 6 N–H and O–H groups in total. The van der Waals surface area contributed by atoms with Gasteiger partial charge < -0.3 is 26.3 Å². The number of hydrogen-bond donors (Lipinski definition) is 5. The Balaban J connectivity index is 0.870. The first-order chi connectivity index (χ1) is 33.1. The molecule has 2 aliphatic carbocycles. The van der Waals surface area contributed by atoms with Crippen molar-refractivity contribution in [2.24, 2.45) is 11.8 Å². The summed E-state index contributed by atoms with van der Waals surface area (Å²) in [7, 11) is 0. The highest BCUT2D eigenvalue weighted by Crippen LogP contribution is 2.50. The van der Waals surface area contributed by atoms with Gasteiger partial charge in [0.2, 0.25) is 0 Å². The fourth-order valence-corrected chi connectivity index (χ4v) is 12.5. The number of aromatic amines is 2. The van der Waals surface area contributed by atoms with Gasteiger partial charge in [0, 0.05) is 69.9 Å². The maximum absolute atomic E-state index is 13.7. The molecule has 68 heavy (non-hydrogen) atoms. The van der Waals surface area contributed by atoms with Crippen molar-refractivity contribution in [1.29, 1.82) is 0 Å². The van der Waals surface area contributed by atoms with E-state index >= 15 is 0 Å². The Labute approximate surface area is 398 Å². The molecule has 1 spiro atoms. The Hall–Kier alpha value is -7.13. The first-order valence-corrected chi connectivity index (χ1v) is 24.8. The summed E-state index contributed by atoms with van der Waals surface area (Å²) in [5.74, 6) is 2.02. The van der Waals surface area contributed by atoms with Crippen molar-refractivity contribution in [3.05, 3.63) is 160 Å². The third kappa shape index (κ3) is 6.91. The Morgan fingerprint density at radius 2 is 1.65 bits per heavy atom. The van der Waals surface area contributed by atoms with E-state index < -0.39 is 0 Å². The van der Waals surface area contributed by atoms with Crippen molar-refractivity contribution in [3.63, 3.8) is 0 Å². The topological polar surface area (TPSA) is 134 Å². The molecule has 4 atom stereocenters. The summed E-state index contributed by atoms with van der Waals surface area (Å²) in [6, 6.07) is 35.1. The Morgan fingerprint density at radius 3 is 2.51 bits per heavy atom. The van der Waals surface area contributed by atoms with Crippen molar-refractivity contribution >= 4 is 28.5 Å². The van der Waals surface area contributed by atoms with Gasteiger partial charge in [-0.1, -0.05) is 88.4 Å². The second kappa shape index (κ2) is 16.3. The number of H-pyrrole nitrogens is 2. The molecule has 9 heteroatoms. The molecule has 2 amide bonds. The number of fused-ring (bicyclic) bond motifs is 8. The van der Waals surface area contributed by atoms with E-state index in [-0.39, 0.29) is 23.1 Å². The molecule has 5 heterocycles. The van der Waals surface area contributed by atoms with Gasteiger partial charge in [-0.2, -0.15) is 5.10 Å². The second-order valence-corrected chi connectivity index (χ2v) is 20.5. The molecule has 5 aromatic carbocycles. The predicted octanol–water partition coefficient (Wildman–Crippen LogP) is 11.7. The van der Waals surface area contributed by atoms with Crippen LogP contribution in [0.15, 0.2) is 109 Å². The van der Waals surface area contributed by atoms with E-state index in [0.717, 1.165) is 107 Å². The van der Waals surface area contributed by atoms with E-state index in [1.54, 1.807) is 0 Å². The molecule has 342 valence electrons.